The summed E-state index contributed by atoms with van der Waals surface area (Å²) in [5.41, 5.74) is -1.62. The zero-order valence-corrected chi connectivity index (χ0v) is 25.7. The number of aliphatic hydroxyl groups is 1. The molecule has 1 aromatic carbocycles. The van der Waals surface area contributed by atoms with Crippen LogP contribution in [0.2, 0.25) is 5.02 Å². The van der Waals surface area contributed by atoms with Crippen molar-refractivity contribution in [2.24, 2.45) is 11.8 Å². The van der Waals surface area contributed by atoms with Crippen molar-refractivity contribution in [2.75, 3.05) is 19.7 Å². The number of aliphatic hydroxyl groups excluding tert-OH is 1. The molecule has 3 N–H and O–H groups in total. The van der Waals surface area contributed by atoms with Crippen LogP contribution in [0.25, 0.3) is 0 Å². The number of ether oxygens (including phenoxy) is 2. The Labute approximate surface area is 255 Å². The first-order chi connectivity index (χ1) is 17.8. The van der Waals surface area contributed by atoms with E-state index in [4.69, 9.17) is 21.1 Å². The molecule has 3 amide bonds. The largest absolute Gasteiger partial charge is 1.00 e. The second-order valence-electron chi connectivity index (χ2n) is 9.96. The maximum absolute atomic E-state index is 13.3. The third kappa shape index (κ3) is 9.85. The molecule has 12 nitrogen and oxygen atoms in total. The van der Waals surface area contributed by atoms with Gasteiger partial charge in [0.2, 0.25) is 11.8 Å². The predicted octanol–water partition coefficient (Wildman–Crippen LogP) is -2.03. The van der Waals surface area contributed by atoms with Gasteiger partial charge in [-0.15, -0.1) is 0 Å². The number of carbonyl (C=O) groups excluding carboxylic acids is 3. The fourth-order valence-corrected chi connectivity index (χ4v) is 5.34. The fourth-order valence-electron chi connectivity index (χ4n) is 4.54. The molecule has 15 heteroatoms. The summed E-state index contributed by atoms with van der Waals surface area (Å²) in [5.74, 6) is -1.86. The van der Waals surface area contributed by atoms with E-state index in [0.717, 1.165) is 5.56 Å². The molecule has 212 valence electrons. The third-order valence-electron chi connectivity index (χ3n) is 6.41. The number of cyclic esters (lactones) is 1. The molecule has 39 heavy (non-hydrogen) atoms. The Morgan fingerprint density at radius 2 is 2.08 bits per heavy atom. The SMILES string of the molecule is CC(C)C[C@@H](C(=O)N[C@@H](C[C@@H]1CCNC1=O)C(O)S(=O)(=O)[O-])N1CC(COCc2cccc(Cl)c2)OC1=O.[Na+]. The van der Waals surface area contributed by atoms with Gasteiger partial charge in [-0.2, -0.15) is 0 Å². The van der Waals surface area contributed by atoms with Gasteiger partial charge in [0.15, 0.2) is 5.44 Å². The Balaban J connectivity index is 0.00000533. The molecule has 5 atom stereocenters. The third-order valence-corrected chi connectivity index (χ3v) is 7.56. The van der Waals surface area contributed by atoms with Gasteiger partial charge in [-0.3, -0.25) is 14.5 Å². The summed E-state index contributed by atoms with van der Waals surface area (Å²) < 4.78 is 45.7. The fraction of sp³-hybridized carbons (Fsp3) is 0.625. The molecule has 0 radical (unpaired) electrons. The van der Waals surface area contributed by atoms with Gasteiger partial charge in [-0.25, -0.2) is 13.2 Å². The first kappa shape index (κ1) is 33.8. The summed E-state index contributed by atoms with van der Waals surface area (Å²) >= 11 is 5.97. The molecule has 3 rings (SSSR count). The molecule has 0 bridgehead atoms. The zero-order chi connectivity index (χ0) is 28.0. The summed E-state index contributed by atoms with van der Waals surface area (Å²) in [6.07, 6.45) is -1.09. The van der Waals surface area contributed by atoms with Crippen LogP contribution in [-0.2, 0) is 35.8 Å². The molecule has 2 unspecified atom stereocenters. The molecule has 0 saturated carbocycles. The van der Waals surface area contributed by atoms with E-state index in [1.165, 1.54) is 4.90 Å². The molecule has 2 aliphatic rings. The van der Waals surface area contributed by atoms with Crippen LogP contribution in [0.5, 0.6) is 0 Å². The van der Waals surface area contributed by atoms with Crippen LogP contribution in [-0.4, -0.2) is 84.2 Å². The van der Waals surface area contributed by atoms with Crippen LogP contribution in [0.1, 0.15) is 38.7 Å². The molecule has 1 aromatic rings. The zero-order valence-electron chi connectivity index (χ0n) is 22.2. The molecular formula is C24H33ClN3NaO9S. The van der Waals surface area contributed by atoms with E-state index in [-0.39, 0.29) is 74.0 Å². The average Bonchev–Trinajstić information content (AvgIpc) is 3.40. The molecule has 2 fully saturated rings. The van der Waals surface area contributed by atoms with Crippen LogP contribution in [0, 0.1) is 11.8 Å². The van der Waals surface area contributed by atoms with Crippen molar-refractivity contribution in [2.45, 2.75) is 63.3 Å². The van der Waals surface area contributed by atoms with Crippen LogP contribution in [0.15, 0.2) is 24.3 Å². The Morgan fingerprint density at radius 3 is 2.67 bits per heavy atom. The first-order valence-corrected chi connectivity index (χ1v) is 14.2. The van der Waals surface area contributed by atoms with Gasteiger partial charge in [-0.05, 0) is 42.9 Å². The molecule has 2 aliphatic heterocycles. The molecule has 0 aliphatic carbocycles. The van der Waals surface area contributed by atoms with E-state index in [2.05, 4.69) is 10.6 Å². The number of rotatable bonds is 13. The molecule has 0 aromatic heterocycles. The summed E-state index contributed by atoms with van der Waals surface area (Å²) in [4.78, 5) is 39.3. The number of amides is 3. The van der Waals surface area contributed by atoms with Crippen LogP contribution < -0.4 is 40.2 Å². The summed E-state index contributed by atoms with van der Waals surface area (Å²) in [5, 5.41) is 15.8. The summed E-state index contributed by atoms with van der Waals surface area (Å²) in [6.45, 7) is 4.38. The number of nitrogens with zero attached hydrogens (tertiary/aromatic N) is 1. The molecule has 0 spiro atoms. The van der Waals surface area contributed by atoms with Gasteiger partial charge in [0.1, 0.15) is 22.3 Å². The molecule has 2 saturated heterocycles. The minimum Gasteiger partial charge on any atom is -0.746 e. The first-order valence-electron chi connectivity index (χ1n) is 12.4. The van der Waals surface area contributed by atoms with Crippen molar-refractivity contribution in [3.63, 3.8) is 0 Å². The molecule has 2 heterocycles. The van der Waals surface area contributed by atoms with Gasteiger partial charge in [0, 0.05) is 17.5 Å². The van der Waals surface area contributed by atoms with Crippen molar-refractivity contribution in [3.8, 4) is 0 Å². The number of hydrogen-bond donors (Lipinski definition) is 3. The number of benzene rings is 1. The van der Waals surface area contributed by atoms with Gasteiger partial charge < -0.3 is 29.8 Å². The Morgan fingerprint density at radius 1 is 1.36 bits per heavy atom. The number of halogens is 1. The van der Waals surface area contributed by atoms with Gasteiger partial charge in [0.25, 0.3) is 0 Å². The van der Waals surface area contributed by atoms with Crippen molar-refractivity contribution < 1.29 is 71.5 Å². The monoisotopic (exact) mass is 597 g/mol. The van der Waals surface area contributed by atoms with Gasteiger partial charge >= 0.3 is 35.7 Å². The number of nitrogens with one attached hydrogen (secondary N) is 2. The predicted molar refractivity (Wildman–Crippen MR) is 135 cm³/mol. The summed E-state index contributed by atoms with van der Waals surface area (Å²) in [7, 11) is -5.20. The Bertz CT molecular complexity index is 1120. The van der Waals surface area contributed by atoms with Crippen molar-refractivity contribution in [3.05, 3.63) is 34.9 Å². The topological polar surface area (TPSA) is 174 Å². The smallest absolute Gasteiger partial charge is 0.746 e. The Hall–Kier alpha value is -1.45. The van der Waals surface area contributed by atoms with Crippen molar-refractivity contribution >= 4 is 39.6 Å². The second kappa shape index (κ2) is 15.0. The van der Waals surface area contributed by atoms with Crippen LogP contribution in [0.4, 0.5) is 4.79 Å². The van der Waals surface area contributed by atoms with Crippen LogP contribution >= 0.6 is 11.6 Å². The van der Waals surface area contributed by atoms with Crippen molar-refractivity contribution in [1.29, 1.82) is 0 Å². The maximum atomic E-state index is 13.3. The number of hydrogen-bond acceptors (Lipinski definition) is 9. The standard InChI is InChI=1S/C24H34ClN3O9S.Na/c1-14(2)8-20(22(30)27-19(23(31)38(33,34)35)10-16-6-7-26-21(16)29)28-11-18(37-24(28)32)13-36-12-15-4-3-5-17(25)9-15;/h3-5,9,14,16,18-20,23,31H,6-8,10-13H2,1-2H3,(H,26,29)(H,27,30)(H,33,34,35);/q;+1/p-1/t16-,18?,19-,20-,23?;/m0./s1. The summed E-state index contributed by atoms with van der Waals surface area (Å²) in [6, 6.07) is 4.50. The van der Waals surface area contributed by atoms with E-state index in [1.807, 2.05) is 19.9 Å². The normalized spacial score (nSPS) is 21.6. The van der Waals surface area contributed by atoms with E-state index in [0.29, 0.717) is 18.0 Å². The Kier molecular flexibility index (Phi) is 13.0. The van der Waals surface area contributed by atoms with Gasteiger partial charge in [-0.1, -0.05) is 37.6 Å². The average molecular weight is 598 g/mol. The van der Waals surface area contributed by atoms with E-state index >= 15 is 0 Å². The quantitative estimate of drug-likeness (QED) is 0.171. The van der Waals surface area contributed by atoms with E-state index in [1.54, 1.807) is 18.2 Å². The van der Waals surface area contributed by atoms with Crippen molar-refractivity contribution in [1.82, 2.24) is 15.5 Å². The maximum Gasteiger partial charge on any atom is 1.00 e. The minimum atomic E-state index is -5.20. The second-order valence-corrected chi connectivity index (χ2v) is 11.9. The van der Waals surface area contributed by atoms with Gasteiger partial charge in [0.05, 0.1) is 25.8 Å². The van der Waals surface area contributed by atoms with Crippen LogP contribution in [0.3, 0.4) is 0 Å². The van der Waals surface area contributed by atoms with E-state index in [9.17, 15) is 32.5 Å². The number of carbonyl (C=O) groups is 3. The minimum absolute atomic E-state index is 0. The molecular weight excluding hydrogens is 565 g/mol. The van der Waals surface area contributed by atoms with E-state index < -0.39 is 51.7 Å².